The van der Waals surface area contributed by atoms with Crippen molar-refractivity contribution in [3.63, 3.8) is 0 Å². The standard InChI is InChI=1S/C24H33N3O3/c1-3-27(4-2)22(21-14-9-6-10-15-21)18-26-23(28)16-11-17-25-24(29)30-19-20-12-7-5-8-13-20/h5-10,12-15,22H,3-4,11,16-19H2,1-2H3,(H,25,29)(H,26,28). The first kappa shape index (κ1) is 23.4. The van der Waals surface area contributed by atoms with Crippen molar-refractivity contribution in [1.29, 1.82) is 0 Å². The Morgan fingerprint density at radius 1 is 0.933 bits per heavy atom. The van der Waals surface area contributed by atoms with Crippen molar-refractivity contribution in [2.75, 3.05) is 26.2 Å². The van der Waals surface area contributed by atoms with E-state index < -0.39 is 6.09 Å². The SMILES string of the molecule is CCN(CC)C(CNC(=O)CCCNC(=O)OCc1ccccc1)c1ccccc1. The average Bonchev–Trinajstić information content (AvgIpc) is 2.79. The maximum absolute atomic E-state index is 12.3. The van der Waals surface area contributed by atoms with Gasteiger partial charge in [-0.15, -0.1) is 0 Å². The topological polar surface area (TPSA) is 70.7 Å². The maximum atomic E-state index is 12.3. The molecule has 0 fully saturated rings. The molecular formula is C24H33N3O3. The highest BCUT2D eigenvalue weighted by Crippen LogP contribution is 2.19. The van der Waals surface area contributed by atoms with E-state index in [2.05, 4.69) is 41.5 Å². The van der Waals surface area contributed by atoms with Crippen molar-refractivity contribution >= 4 is 12.0 Å². The number of alkyl carbamates (subject to hydrolysis) is 1. The van der Waals surface area contributed by atoms with Crippen molar-refractivity contribution in [1.82, 2.24) is 15.5 Å². The monoisotopic (exact) mass is 411 g/mol. The molecule has 0 aliphatic rings. The third-order valence-corrected chi connectivity index (χ3v) is 4.99. The zero-order valence-corrected chi connectivity index (χ0v) is 18.0. The number of rotatable bonds is 12. The van der Waals surface area contributed by atoms with Crippen molar-refractivity contribution in [3.8, 4) is 0 Å². The van der Waals surface area contributed by atoms with Crippen LogP contribution in [0.3, 0.4) is 0 Å². The fourth-order valence-electron chi connectivity index (χ4n) is 3.31. The van der Waals surface area contributed by atoms with Gasteiger partial charge in [0.25, 0.3) is 0 Å². The largest absolute Gasteiger partial charge is 0.445 e. The lowest BCUT2D eigenvalue weighted by atomic mass is 10.0. The molecule has 6 heteroatoms. The minimum Gasteiger partial charge on any atom is -0.445 e. The fraction of sp³-hybridized carbons (Fsp3) is 0.417. The summed E-state index contributed by atoms with van der Waals surface area (Å²) < 4.78 is 5.16. The average molecular weight is 412 g/mol. The van der Waals surface area contributed by atoms with E-state index in [1.165, 1.54) is 5.56 Å². The van der Waals surface area contributed by atoms with Crippen LogP contribution in [0.1, 0.15) is 43.9 Å². The van der Waals surface area contributed by atoms with Gasteiger partial charge in [0, 0.05) is 19.5 Å². The Morgan fingerprint density at radius 2 is 1.57 bits per heavy atom. The van der Waals surface area contributed by atoms with Crippen LogP contribution in [0.5, 0.6) is 0 Å². The van der Waals surface area contributed by atoms with Gasteiger partial charge in [0.05, 0.1) is 6.04 Å². The van der Waals surface area contributed by atoms with Crippen LogP contribution in [0, 0.1) is 0 Å². The third kappa shape index (κ3) is 8.25. The Hall–Kier alpha value is -2.86. The van der Waals surface area contributed by atoms with E-state index in [0.29, 0.717) is 25.9 Å². The molecule has 0 heterocycles. The number of nitrogens with zero attached hydrogens (tertiary/aromatic N) is 1. The zero-order chi connectivity index (χ0) is 21.6. The summed E-state index contributed by atoms with van der Waals surface area (Å²) in [6, 6.07) is 19.9. The Balaban J connectivity index is 1.67. The molecule has 2 rings (SSSR count). The summed E-state index contributed by atoms with van der Waals surface area (Å²) in [4.78, 5) is 26.3. The fourth-order valence-corrected chi connectivity index (χ4v) is 3.31. The van der Waals surface area contributed by atoms with Crippen LogP contribution in [0.15, 0.2) is 60.7 Å². The second-order valence-electron chi connectivity index (χ2n) is 7.04. The minimum absolute atomic E-state index is 0.0115. The van der Waals surface area contributed by atoms with Crippen molar-refractivity contribution in [3.05, 3.63) is 71.8 Å². The van der Waals surface area contributed by atoms with Crippen LogP contribution in [0.4, 0.5) is 4.79 Å². The van der Waals surface area contributed by atoms with Crippen molar-refractivity contribution in [2.24, 2.45) is 0 Å². The number of amides is 2. The lowest BCUT2D eigenvalue weighted by Gasteiger charge is -2.30. The molecule has 2 aromatic rings. The normalized spacial score (nSPS) is 11.7. The molecule has 0 bridgehead atoms. The molecule has 30 heavy (non-hydrogen) atoms. The number of likely N-dealkylation sites (N-methyl/N-ethyl adjacent to an activating group) is 1. The molecule has 162 valence electrons. The molecule has 6 nitrogen and oxygen atoms in total. The van der Waals surface area contributed by atoms with Crippen LogP contribution >= 0.6 is 0 Å². The molecule has 1 atom stereocenters. The first-order valence-electron chi connectivity index (χ1n) is 10.6. The van der Waals surface area contributed by atoms with Crippen LogP contribution in [0.25, 0.3) is 0 Å². The van der Waals surface area contributed by atoms with Gasteiger partial charge in [-0.3, -0.25) is 9.69 Å². The van der Waals surface area contributed by atoms with Gasteiger partial charge in [-0.05, 0) is 30.6 Å². The summed E-state index contributed by atoms with van der Waals surface area (Å²) in [6.45, 7) is 7.30. The van der Waals surface area contributed by atoms with Gasteiger partial charge in [0.15, 0.2) is 0 Å². The highest BCUT2D eigenvalue weighted by atomic mass is 16.5. The summed E-state index contributed by atoms with van der Waals surface area (Å²) in [5.74, 6) is -0.0115. The van der Waals surface area contributed by atoms with E-state index in [1.54, 1.807) is 0 Å². The highest BCUT2D eigenvalue weighted by molar-refractivity contribution is 5.76. The van der Waals surface area contributed by atoms with Gasteiger partial charge in [-0.1, -0.05) is 74.5 Å². The van der Waals surface area contributed by atoms with E-state index in [4.69, 9.17) is 4.74 Å². The van der Waals surface area contributed by atoms with Gasteiger partial charge in [0.2, 0.25) is 5.91 Å². The molecule has 0 saturated heterocycles. The molecule has 1 unspecified atom stereocenters. The van der Waals surface area contributed by atoms with E-state index >= 15 is 0 Å². The molecule has 0 aromatic heterocycles. The van der Waals surface area contributed by atoms with E-state index in [9.17, 15) is 9.59 Å². The van der Waals surface area contributed by atoms with E-state index in [1.807, 2.05) is 48.5 Å². The predicted octanol–water partition coefficient (Wildman–Crippen LogP) is 3.89. The van der Waals surface area contributed by atoms with Gasteiger partial charge < -0.3 is 15.4 Å². The lowest BCUT2D eigenvalue weighted by Crippen LogP contribution is -2.38. The highest BCUT2D eigenvalue weighted by Gasteiger charge is 2.18. The molecule has 2 aromatic carbocycles. The van der Waals surface area contributed by atoms with Gasteiger partial charge >= 0.3 is 6.09 Å². The summed E-state index contributed by atoms with van der Waals surface area (Å²) in [5.41, 5.74) is 2.14. The second kappa shape index (κ2) is 13.4. The molecule has 0 aliphatic carbocycles. The summed E-state index contributed by atoms with van der Waals surface area (Å²) in [6.07, 6.45) is 0.455. The molecule has 2 N–H and O–H groups in total. The lowest BCUT2D eigenvalue weighted by molar-refractivity contribution is -0.121. The van der Waals surface area contributed by atoms with Crippen LogP contribution in [0.2, 0.25) is 0 Å². The van der Waals surface area contributed by atoms with Gasteiger partial charge in [0.1, 0.15) is 6.61 Å². The maximum Gasteiger partial charge on any atom is 0.407 e. The van der Waals surface area contributed by atoms with Crippen LogP contribution in [-0.4, -0.2) is 43.1 Å². The second-order valence-corrected chi connectivity index (χ2v) is 7.04. The van der Waals surface area contributed by atoms with E-state index in [-0.39, 0.29) is 18.6 Å². The molecule has 0 saturated carbocycles. The number of carbonyl (C=O) groups is 2. The van der Waals surface area contributed by atoms with Gasteiger partial charge in [-0.2, -0.15) is 0 Å². The molecular weight excluding hydrogens is 378 g/mol. The minimum atomic E-state index is -0.468. The molecule has 2 amide bonds. The first-order valence-corrected chi connectivity index (χ1v) is 10.6. The van der Waals surface area contributed by atoms with Crippen LogP contribution in [-0.2, 0) is 16.1 Å². The number of ether oxygens (including phenoxy) is 1. The van der Waals surface area contributed by atoms with Gasteiger partial charge in [-0.25, -0.2) is 4.79 Å². The Kier molecular flexibility index (Phi) is 10.4. The summed E-state index contributed by atoms with van der Waals surface area (Å²) in [5, 5.41) is 5.73. The quantitative estimate of drug-likeness (QED) is 0.520. The summed E-state index contributed by atoms with van der Waals surface area (Å²) >= 11 is 0. The van der Waals surface area contributed by atoms with Crippen molar-refractivity contribution < 1.29 is 14.3 Å². The van der Waals surface area contributed by atoms with E-state index in [0.717, 1.165) is 18.7 Å². The smallest absolute Gasteiger partial charge is 0.407 e. The Morgan fingerprint density at radius 3 is 2.20 bits per heavy atom. The predicted molar refractivity (Wildman–Crippen MR) is 119 cm³/mol. The van der Waals surface area contributed by atoms with Crippen molar-refractivity contribution in [2.45, 2.75) is 39.3 Å². The Bertz CT molecular complexity index is 749. The number of benzene rings is 2. The molecule has 0 spiro atoms. The van der Waals surface area contributed by atoms with Crippen LogP contribution < -0.4 is 10.6 Å². The number of hydrogen-bond acceptors (Lipinski definition) is 4. The zero-order valence-electron chi connectivity index (χ0n) is 18.0. The number of carbonyl (C=O) groups excluding carboxylic acids is 2. The summed E-state index contributed by atoms with van der Waals surface area (Å²) in [7, 11) is 0. The molecule has 0 aliphatic heterocycles. The number of hydrogen-bond donors (Lipinski definition) is 2. The Labute approximate surface area is 179 Å². The molecule has 0 radical (unpaired) electrons. The number of nitrogens with one attached hydrogen (secondary N) is 2. The third-order valence-electron chi connectivity index (χ3n) is 4.99. The first-order chi connectivity index (χ1) is 14.6.